The number of nitrogens with one attached hydrogen (secondary N) is 3. The first-order chi connectivity index (χ1) is 14.1. The molecule has 7 heteroatoms. The Bertz CT molecular complexity index is 742. The first kappa shape index (κ1) is 21.1. The van der Waals surface area contributed by atoms with Crippen molar-refractivity contribution in [2.45, 2.75) is 51.0 Å². The van der Waals surface area contributed by atoms with Gasteiger partial charge in [-0.2, -0.15) is 0 Å². The Morgan fingerprint density at radius 1 is 1.10 bits per heavy atom. The Labute approximate surface area is 171 Å². The minimum absolute atomic E-state index is 0.0322. The summed E-state index contributed by atoms with van der Waals surface area (Å²) in [4.78, 5) is 26.4. The lowest BCUT2D eigenvalue weighted by atomic mass is 10.1. The van der Waals surface area contributed by atoms with Crippen LogP contribution in [0.5, 0.6) is 0 Å². The molecule has 3 rings (SSSR count). The molecule has 0 unspecified atom stereocenters. The molecular weight excluding hydrogens is 371 g/mol. The van der Waals surface area contributed by atoms with Crippen LogP contribution >= 0.6 is 0 Å². The third kappa shape index (κ3) is 6.21. The molecule has 6 nitrogen and oxygen atoms in total. The van der Waals surface area contributed by atoms with Crippen molar-refractivity contribution in [1.82, 2.24) is 20.9 Å². The molecule has 1 saturated heterocycles. The summed E-state index contributed by atoms with van der Waals surface area (Å²) in [5, 5.41) is 8.78. The van der Waals surface area contributed by atoms with Crippen molar-refractivity contribution in [2.75, 3.05) is 26.7 Å². The molecule has 1 aromatic carbocycles. The Morgan fingerprint density at radius 2 is 1.83 bits per heavy atom. The van der Waals surface area contributed by atoms with Crippen molar-refractivity contribution in [1.29, 1.82) is 0 Å². The van der Waals surface area contributed by atoms with Crippen LogP contribution in [0.4, 0.5) is 9.18 Å². The van der Waals surface area contributed by atoms with Crippen LogP contribution in [0.2, 0.25) is 0 Å². The molecule has 3 N–H and O–H groups in total. The number of allylic oxidation sites excluding steroid dienone is 2. The molecule has 0 bridgehead atoms. The largest absolute Gasteiger partial charge is 0.388 e. The molecule has 1 aromatic rings. The summed E-state index contributed by atoms with van der Waals surface area (Å²) in [5.41, 5.74) is 3.52. The highest BCUT2D eigenvalue weighted by Gasteiger charge is 2.26. The van der Waals surface area contributed by atoms with E-state index in [2.05, 4.69) is 16.0 Å². The van der Waals surface area contributed by atoms with E-state index in [-0.39, 0.29) is 17.8 Å². The van der Waals surface area contributed by atoms with Crippen molar-refractivity contribution < 1.29 is 14.0 Å². The lowest BCUT2D eigenvalue weighted by molar-refractivity contribution is -0.134. The molecular formula is C22H31FN4O2. The highest BCUT2D eigenvalue weighted by atomic mass is 19.1. The van der Waals surface area contributed by atoms with Crippen LogP contribution < -0.4 is 16.0 Å². The fourth-order valence-electron chi connectivity index (χ4n) is 3.76. The van der Waals surface area contributed by atoms with Gasteiger partial charge in [0.1, 0.15) is 11.9 Å². The molecule has 1 aliphatic carbocycles. The van der Waals surface area contributed by atoms with Crippen molar-refractivity contribution in [2.24, 2.45) is 0 Å². The van der Waals surface area contributed by atoms with Crippen molar-refractivity contribution in [3.8, 4) is 0 Å². The number of halogens is 1. The van der Waals surface area contributed by atoms with Gasteiger partial charge < -0.3 is 20.9 Å². The Hall–Kier alpha value is -2.57. The zero-order valence-electron chi connectivity index (χ0n) is 17.1. The standard InChI is InChI=1S/C22H31FN4O2/c1-24-22(29)26-19(21(28)27-13-5-2-6-14-27)7-3-4-12-25-20-15-18(20)16-8-10-17(23)11-9-16/h8-11,19,25H,2-7,12-15H2,1H3,(H2,24,26,29)/t19-/m0/s1. The maximum Gasteiger partial charge on any atom is 0.315 e. The molecule has 0 aromatic heterocycles. The molecule has 1 atom stereocenters. The fourth-order valence-corrected chi connectivity index (χ4v) is 3.76. The number of likely N-dealkylation sites (tertiary alicyclic amines) is 1. The fraction of sp³-hybridized carbons (Fsp3) is 0.545. The van der Waals surface area contributed by atoms with Crippen LogP contribution in [0.15, 0.2) is 30.0 Å². The summed E-state index contributed by atoms with van der Waals surface area (Å²) in [6.07, 6.45) is 6.55. The lowest BCUT2D eigenvalue weighted by Gasteiger charge is -2.30. The zero-order valence-corrected chi connectivity index (χ0v) is 17.1. The third-order valence-electron chi connectivity index (χ3n) is 5.54. The molecule has 1 fully saturated rings. The molecule has 0 spiro atoms. The monoisotopic (exact) mass is 402 g/mol. The van der Waals surface area contributed by atoms with E-state index in [0.717, 1.165) is 57.3 Å². The van der Waals surface area contributed by atoms with Gasteiger partial charge in [0, 0.05) is 38.8 Å². The summed E-state index contributed by atoms with van der Waals surface area (Å²) >= 11 is 0. The van der Waals surface area contributed by atoms with Gasteiger partial charge in [-0.05, 0) is 61.8 Å². The smallest absolute Gasteiger partial charge is 0.315 e. The normalized spacial score (nSPS) is 17.0. The van der Waals surface area contributed by atoms with E-state index >= 15 is 0 Å². The number of carbonyl (C=O) groups excluding carboxylic acids is 2. The second-order valence-electron chi connectivity index (χ2n) is 7.73. The number of amides is 3. The summed E-state index contributed by atoms with van der Waals surface area (Å²) in [7, 11) is 1.56. The van der Waals surface area contributed by atoms with Gasteiger partial charge >= 0.3 is 6.03 Å². The Kier molecular flexibility index (Phi) is 7.49. The Balaban J connectivity index is 1.42. The number of rotatable bonds is 9. The third-order valence-corrected chi connectivity index (χ3v) is 5.54. The molecule has 2 aliphatic rings. The molecule has 158 valence electrons. The number of nitrogens with zero attached hydrogens (tertiary/aromatic N) is 1. The quantitative estimate of drug-likeness (QED) is 0.556. The van der Waals surface area contributed by atoms with Crippen LogP contribution in [0, 0.1) is 5.82 Å². The van der Waals surface area contributed by atoms with Gasteiger partial charge in [-0.1, -0.05) is 12.1 Å². The molecule has 0 saturated carbocycles. The molecule has 29 heavy (non-hydrogen) atoms. The second-order valence-corrected chi connectivity index (χ2v) is 7.73. The second kappa shape index (κ2) is 10.3. The lowest BCUT2D eigenvalue weighted by Crippen LogP contribution is -2.51. The van der Waals surface area contributed by atoms with Crippen LogP contribution in [-0.2, 0) is 4.79 Å². The number of hydrogen-bond acceptors (Lipinski definition) is 3. The van der Waals surface area contributed by atoms with E-state index in [1.807, 2.05) is 4.90 Å². The SMILES string of the molecule is CNC(=O)N[C@@H](CCCCNC1=C(c2ccc(F)cc2)C1)C(=O)N1CCCCC1. The topological polar surface area (TPSA) is 73.5 Å². The maximum absolute atomic E-state index is 13.0. The van der Waals surface area contributed by atoms with Gasteiger partial charge in [0.05, 0.1) is 0 Å². The highest BCUT2D eigenvalue weighted by molar-refractivity contribution is 5.87. The van der Waals surface area contributed by atoms with Crippen molar-refractivity contribution in [3.63, 3.8) is 0 Å². The minimum atomic E-state index is -0.469. The predicted octanol–water partition coefficient (Wildman–Crippen LogP) is 3.01. The zero-order chi connectivity index (χ0) is 20.6. The van der Waals surface area contributed by atoms with E-state index in [1.54, 1.807) is 19.2 Å². The molecule has 3 amide bonds. The number of piperidine rings is 1. The van der Waals surface area contributed by atoms with Crippen LogP contribution in [-0.4, -0.2) is 49.6 Å². The first-order valence-electron chi connectivity index (χ1n) is 10.6. The summed E-state index contributed by atoms with van der Waals surface area (Å²) in [6, 6.07) is 5.80. The van der Waals surface area contributed by atoms with Crippen molar-refractivity contribution >= 4 is 17.5 Å². The average molecular weight is 403 g/mol. The minimum Gasteiger partial charge on any atom is -0.388 e. The van der Waals surface area contributed by atoms with Crippen LogP contribution in [0.25, 0.3) is 5.57 Å². The van der Waals surface area contributed by atoms with Gasteiger partial charge in [-0.3, -0.25) is 4.79 Å². The number of urea groups is 1. The Morgan fingerprint density at radius 3 is 2.52 bits per heavy atom. The summed E-state index contributed by atoms with van der Waals surface area (Å²) < 4.78 is 13.0. The number of unbranched alkanes of at least 4 members (excludes halogenated alkanes) is 1. The van der Waals surface area contributed by atoms with E-state index in [0.29, 0.717) is 6.42 Å². The first-order valence-corrected chi connectivity index (χ1v) is 10.6. The van der Waals surface area contributed by atoms with E-state index < -0.39 is 6.04 Å². The van der Waals surface area contributed by atoms with Gasteiger partial charge in [-0.15, -0.1) is 0 Å². The van der Waals surface area contributed by atoms with E-state index in [1.165, 1.54) is 29.8 Å². The maximum atomic E-state index is 13.0. The van der Waals surface area contributed by atoms with Crippen molar-refractivity contribution in [3.05, 3.63) is 41.3 Å². The van der Waals surface area contributed by atoms with Gasteiger partial charge in [0.2, 0.25) is 5.91 Å². The van der Waals surface area contributed by atoms with Crippen LogP contribution in [0.1, 0.15) is 50.5 Å². The molecule has 1 aliphatic heterocycles. The number of benzene rings is 1. The number of carbonyl (C=O) groups is 2. The van der Waals surface area contributed by atoms with Crippen LogP contribution in [0.3, 0.4) is 0 Å². The predicted molar refractivity (Wildman–Crippen MR) is 112 cm³/mol. The van der Waals surface area contributed by atoms with Gasteiger partial charge in [-0.25, -0.2) is 9.18 Å². The summed E-state index contributed by atoms with van der Waals surface area (Å²) in [6.45, 7) is 2.39. The van der Waals surface area contributed by atoms with E-state index in [9.17, 15) is 14.0 Å². The van der Waals surface area contributed by atoms with Gasteiger partial charge in [0.25, 0.3) is 0 Å². The van der Waals surface area contributed by atoms with E-state index in [4.69, 9.17) is 0 Å². The number of hydrogen-bond donors (Lipinski definition) is 3. The average Bonchev–Trinajstić information content (AvgIpc) is 3.52. The molecule has 1 heterocycles. The summed E-state index contributed by atoms with van der Waals surface area (Å²) in [5.74, 6) is -0.187. The molecule has 0 radical (unpaired) electrons. The van der Waals surface area contributed by atoms with Gasteiger partial charge in [0.15, 0.2) is 0 Å². The highest BCUT2D eigenvalue weighted by Crippen LogP contribution is 2.37.